The van der Waals surface area contributed by atoms with Gasteiger partial charge in [0.25, 0.3) is 0 Å². The third-order valence-electron chi connectivity index (χ3n) is 3.00. The summed E-state index contributed by atoms with van der Waals surface area (Å²) in [5.74, 6) is 0.732. The van der Waals surface area contributed by atoms with Crippen molar-refractivity contribution in [3.63, 3.8) is 0 Å². The van der Waals surface area contributed by atoms with Crippen molar-refractivity contribution in [2.75, 3.05) is 7.05 Å². The van der Waals surface area contributed by atoms with Gasteiger partial charge in [0.1, 0.15) is 11.6 Å². The van der Waals surface area contributed by atoms with Crippen LogP contribution in [0.25, 0.3) is 0 Å². The fourth-order valence-corrected chi connectivity index (χ4v) is 1.78. The summed E-state index contributed by atoms with van der Waals surface area (Å²) < 4.78 is 18.1. The van der Waals surface area contributed by atoms with E-state index in [2.05, 4.69) is 11.8 Å². The molecule has 0 bridgehead atoms. The second kappa shape index (κ2) is 5.15. The van der Waals surface area contributed by atoms with Crippen LogP contribution in [0.2, 0.25) is 0 Å². The van der Waals surface area contributed by atoms with Gasteiger partial charge in [0.15, 0.2) is 0 Å². The first-order valence-corrected chi connectivity index (χ1v) is 5.65. The van der Waals surface area contributed by atoms with Gasteiger partial charge in [-0.2, -0.15) is 0 Å². The number of halogens is 1. The Balaban J connectivity index is 2.04. The van der Waals surface area contributed by atoms with E-state index in [4.69, 9.17) is 4.42 Å². The van der Waals surface area contributed by atoms with Gasteiger partial charge in [-0.05, 0) is 43.8 Å². The van der Waals surface area contributed by atoms with Crippen LogP contribution >= 0.6 is 0 Å². The number of nitrogens with zero attached hydrogens (tertiary/aromatic N) is 1. The normalized spacial score (nSPS) is 12.9. The van der Waals surface area contributed by atoms with Gasteiger partial charge >= 0.3 is 0 Å². The Morgan fingerprint density at radius 3 is 2.53 bits per heavy atom. The van der Waals surface area contributed by atoms with Crippen LogP contribution in [-0.2, 0) is 6.54 Å². The van der Waals surface area contributed by atoms with Crippen molar-refractivity contribution in [2.24, 2.45) is 0 Å². The number of hydrogen-bond donors (Lipinski definition) is 0. The Morgan fingerprint density at radius 2 is 1.94 bits per heavy atom. The summed E-state index contributed by atoms with van der Waals surface area (Å²) in [6.45, 7) is 2.84. The zero-order valence-electron chi connectivity index (χ0n) is 10.1. The SMILES string of the molecule is CC(c1ccc(F)cc1)N(C)Cc1ccco1. The smallest absolute Gasteiger partial charge is 0.123 e. The first-order valence-electron chi connectivity index (χ1n) is 5.65. The minimum atomic E-state index is -0.199. The number of rotatable bonds is 4. The van der Waals surface area contributed by atoms with Gasteiger partial charge in [0.05, 0.1) is 12.8 Å². The molecule has 1 aromatic carbocycles. The third-order valence-corrected chi connectivity index (χ3v) is 3.00. The number of hydrogen-bond acceptors (Lipinski definition) is 2. The van der Waals surface area contributed by atoms with Crippen LogP contribution < -0.4 is 0 Å². The lowest BCUT2D eigenvalue weighted by Gasteiger charge is -2.24. The molecule has 0 saturated carbocycles. The molecule has 0 N–H and O–H groups in total. The molecule has 2 nitrogen and oxygen atoms in total. The van der Waals surface area contributed by atoms with Crippen molar-refractivity contribution in [1.82, 2.24) is 4.90 Å². The second-order valence-corrected chi connectivity index (χ2v) is 4.22. The molecule has 0 saturated heterocycles. The molecule has 0 radical (unpaired) electrons. The summed E-state index contributed by atoms with van der Waals surface area (Å²) in [6.07, 6.45) is 1.67. The molecule has 0 spiro atoms. The predicted octanol–water partition coefficient (Wildman–Crippen LogP) is 3.61. The first-order chi connectivity index (χ1) is 8.16. The van der Waals surface area contributed by atoms with Crippen LogP contribution in [0, 0.1) is 5.82 Å². The van der Waals surface area contributed by atoms with Crippen LogP contribution in [0.15, 0.2) is 47.1 Å². The maximum Gasteiger partial charge on any atom is 0.123 e. The topological polar surface area (TPSA) is 16.4 Å². The number of furan rings is 1. The lowest BCUT2D eigenvalue weighted by molar-refractivity contribution is 0.232. The van der Waals surface area contributed by atoms with E-state index in [1.54, 1.807) is 6.26 Å². The molecule has 0 aliphatic carbocycles. The van der Waals surface area contributed by atoms with Gasteiger partial charge in [0.2, 0.25) is 0 Å². The first kappa shape index (κ1) is 11.9. The van der Waals surface area contributed by atoms with Crippen molar-refractivity contribution in [3.8, 4) is 0 Å². The maximum atomic E-state index is 12.8. The molecule has 1 unspecified atom stereocenters. The molecule has 2 rings (SSSR count). The molecule has 17 heavy (non-hydrogen) atoms. The van der Waals surface area contributed by atoms with E-state index in [0.717, 1.165) is 17.9 Å². The summed E-state index contributed by atoms with van der Waals surface area (Å²) in [4.78, 5) is 2.16. The van der Waals surface area contributed by atoms with Crippen LogP contribution in [0.4, 0.5) is 4.39 Å². The Labute approximate surface area is 101 Å². The molecule has 3 heteroatoms. The lowest BCUT2D eigenvalue weighted by atomic mass is 10.1. The largest absolute Gasteiger partial charge is 0.468 e. The van der Waals surface area contributed by atoms with E-state index in [1.165, 1.54) is 12.1 Å². The summed E-state index contributed by atoms with van der Waals surface area (Å²) >= 11 is 0. The van der Waals surface area contributed by atoms with Gasteiger partial charge in [-0.25, -0.2) is 4.39 Å². The van der Waals surface area contributed by atoms with Crippen molar-refractivity contribution in [2.45, 2.75) is 19.5 Å². The number of benzene rings is 1. The zero-order chi connectivity index (χ0) is 12.3. The fraction of sp³-hybridized carbons (Fsp3) is 0.286. The average Bonchev–Trinajstić information content (AvgIpc) is 2.82. The van der Waals surface area contributed by atoms with Crippen LogP contribution in [0.5, 0.6) is 0 Å². The molecule has 90 valence electrons. The van der Waals surface area contributed by atoms with E-state index in [-0.39, 0.29) is 11.9 Å². The van der Waals surface area contributed by atoms with E-state index in [9.17, 15) is 4.39 Å². The Hall–Kier alpha value is -1.61. The van der Waals surface area contributed by atoms with E-state index in [1.807, 2.05) is 31.3 Å². The van der Waals surface area contributed by atoms with Gasteiger partial charge in [0, 0.05) is 6.04 Å². The van der Waals surface area contributed by atoms with E-state index >= 15 is 0 Å². The highest BCUT2D eigenvalue weighted by Gasteiger charge is 2.12. The van der Waals surface area contributed by atoms with Gasteiger partial charge in [-0.1, -0.05) is 12.1 Å². The molecular weight excluding hydrogens is 217 g/mol. The van der Waals surface area contributed by atoms with E-state index in [0.29, 0.717) is 0 Å². The molecule has 0 amide bonds. The average molecular weight is 233 g/mol. The molecule has 1 atom stereocenters. The van der Waals surface area contributed by atoms with Crippen molar-refractivity contribution >= 4 is 0 Å². The molecule has 1 aromatic heterocycles. The molecule has 1 heterocycles. The summed E-state index contributed by atoms with van der Waals surface area (Å²) in [6, 6.07) is 10.7. The summed E-state index contributed by atoms with van der Waals surface area (Å²) in [5, 5.41) is 0. The molecule has 0 fully saturated rings. The van der Waals surface area contributed by atoms with Gasteiger partial charge < -0.3 is 4.42 Å². The lowest BCUT2D eigenvalue weighted by Crippen LogP contribution is -2.21. The minimum absolute atomic E-state index is 0.199. The third kappa shape index (κ3) is 2.94. The van der Waals surface area contributed by atoms with Crippen LogP contribution in [-0.4, -0.2) is 11.9 Å². The van der Waals surface area contributed by atoms with Gasteiger partial charge in [-0.3, -0.25) is 4.90 Å². The molecule has 0 aliphatic rings. The summed E-state index contributed by atoms with van der Waals surface area (Å²) in [7, 11) is 2.02. The van der Waals surface area contributed by atoms with Crippen molar-refractivity contribution in [1.29, 1.82) is 0 Å². The fourth-order valence-electron chi connectivity index (χ4n) is 1.78. The van der Waals surface area contributed by atoms with E-state index < -0.39 is 0 Å². The van der Waals surface area contributed by atoms with Crippen molar-refractivity contribution < 1.29 is 8.81 Å². The minimum Gasteiger partial charge on any atom is -0.468 e. The zero-order valence-corrected chi connectivity index (χ0v) is 10.1. The van der Waals surface area contributed by atoms with Crippen LogP contribution in [0.3, 0.4) is 0 Å². The Bertz CT molecular complexity index is 450. The molecule has 0 aliphatic heterocycles. The highest BCUT2D eigenvalue weighted by Crippen LogP contribution is 2.20. The second-order valence-electron chi connectivity index (χ2n) is 4.22. The Kier molecular flexibility index (Phi) is 3.59. The monoisotopic (exact) mass is 233 g/mol. The van der Waals surface area contributed by atoms with Gasteiger partial charge in [-0.15, -0.1) is 0 Å². The standard InChI is InChI=1S/C14H16FNO/c1-11(12-5-7-13(15)8-6-12)16(2)10-14-4-3-9-17-14/h3-9,11H,10H2,1-2H3. The molecule has 2 aromatic rings. The Morgan fingerprint density at radius 1 is 1.24 bits per heavy atom. The predicted molar refractivity (Wildman–Crippen MR) is 65.0 cm³/mol. The quantitative estimate of drug-likeness (QED) is 0.802. The maximum absolute atomic E-state index is 12.8. The highest BCUT2D eigenvalue weighted by atomic mass is 19.1. The van der Waals surface area contributed by atoms with Crippen LogP contribution in [0.1, 0.15) is 24.3 Å². The highest BCUT2D eigenvalue weighted by molar-refractivity contribution is 5.19. The summed E-state index contributed by atoms with van der Waals surface area (Å²) in [5.41, 5.74) is 1.10. The molecular formula is C14H16FNO. The van der Waals surface area contributed by atoms with Crippen molar-refractivity contribution in [3.05, 3.63) is 59.8 Å².